The van der Waals surface area contributed by atoms with Gasteiger partial charge in [-0.1, -0.05) is 6.07 Å². The monoisotopic (exact) mass is 206 g/mol. The highest BCUT2D eigenvalue weighted by Gasteiger charge is 1.97. The number of nitrogens with one attached hydrogen (secondary N) is 1. The van der Waals surface area contributed by atoms with E-state index in [2.05, 4.69) is 15.4 Å². The summed E-state index contributed by atoms with van der Waals surface area (Å²) < 4.78 is 14.2. The number of halogens is 1. The van der Waals surface area contributed by atoms with E-state index in [1.807, 2.05) is 19.3 Å². The quantitative estimate of drug-likeness (QED) is 0.775. The lowest BCUT2D eigenvalue weighted by Gasteiger charge is -2.01. The molecule has 2 aromatic heterocycles. The highest BCUT2D eigenvalue weighted by atomic mass is 19.1. The van der Waals surface area contributed by atoms with E-state index in [0.717, 1.165) is 11.4 Å². The van der Waals surface area contributed by atoms with Crippen LogP contribution in [0.2, 0.25) is 0 Å². The van der Waals surface area contributed by atoms with Crippen LogP contribution in [-0.2, 0) is 13.6 Å². The second kappa shape index (κ2) is 4.08. The molecular weight excluding hydrogens is 195 g/mol. The normalized spacial score (nSPS) is 10.3. The molecule has 0 aliphatic heterocycles. The van der Waals surface area contributed by atoms with Gasteiger partial charge in [-0.2, -0.15) is 9.49 Å². The minimum absolute atomic E-state index is 0.461. The van der Waals surface area contributed by atoms with Crippen LogP contribution in [0.1, 0.15) is 5.56 Å². The van der Waals surface area contributed by atoms with Crippen LogP contribution in [0, 0.1) is 5.95 Å². The summed E-state index contributed by atoms with van der Waals surface area (Å²) in [5.74, 6) is 0.332. The third kappa shape index (κ3) is 2.52. The Morgan fingerprint density at radius 3 is 2.87 bits per heavy atom. The minimum atomic E-state index is -0.461. The van der Waals surface area contributed by atoms with Crippen molar-refractivity contribution in [3.8, 4) is 0 Å². The third-order valence-corrected chi connectivity index (χ3v) is 1.98. The van der Waals surface area contributed by atoms with E-state index < -0.39 is 5.95 Å². The van der Waals surface area contributed by atoms with Crippen molar-refractivity contribution in [2.75, 3.05) is 5.32 Å². The summed E-state index contributed by atoms with van der Waals surface area (Å²) in [6.07, 6.45) is 3.36. The first-order chi connectivity index (χ1) is 7.24. The van der Waals surface area contributed by atoms with E-state index >= 15 is 0 Å². The molecule has 1 N–H and O–H groups in total. The maximum absolute atomic E-state index is 12.5. The van der Waals surface area contributed by atoms with Gasteiger partial charge in [0.1, 0.15) is 5.82 Å². The van der Waals surface area contributed by atoms with Crippen LogP contribution in [0.25, 0.3) is 0 Å². The molecule has 0 radical (unpaired) electrons. The fraction of sp³-hybridized carbons (Fsp3) is 0.200. The van der Waals surface area contributed by atoms with Gasteiger partial charge in [0.2, 0.25) is 5.95 Å². The Balaban J connectivity index is 1.96. The summed E-state index contributed by atoms with van der Waals surface area (Å²) in [5.41, 5.74) is 0.919. The van der Waals surface area contributed by atoms with Gasteiger partial charge in [-0.25, -0.2) is 4.98 Å². The average Bonchev–Trinajstić information content (AvgIpc) is 2.64. The van der Waals surface area contributed by atoms with Crippen molar-refractivity contribution in [2.24, 2.45) is 7.05 Å². The zero-order valence-corrected chi connectivity index (χ0v) is 8.31. The lowest BCUT2D eigenvalue weighted by atomic mass is 10.3. The van der Waals surface area contributed by atoms with Crippen LogP contribution >= 0.6 is 0 Å². The molecule has 2 rings (SSSR count). The highest BCUT2D eigenvalue weighted by Crippen LogP contribution is 2.05. The Hall–Kier alpha value is -1.91. The molecule has 4 nitrogen and oxygen atoms in total. The van der Waals surface area contributed by atoms with E-state index in [0.29, 0.717) is 6.54 Å². The average molecular weight is 206 g/mol. The van der Waals surface area contributed by atoms with Crippen molar-refractivity contribution in [1.82, 2.24) is 14.8 Å². The molecule has 5 heteroatoms. The van der Waals surface area contributed by atoms with Crippen LogP contribution < -0.4 is 5.32 Å². The first-order valence-corrected chi connectivity index (χ1v) is 4.58. The van der Waals surface area contributed by atoms with Gasteiger partial charge in [-0.05, 0) is 11.6 Å². The molecule has 0 unspecified atom stereocenters. The van der Waals surface area contributed by atoms with E-state index in [9.17, 15) is 4.39 Å². The molecule has 0 saturated heterocycles. The summed E-state index contributed by atoms with van der Waals surface area (Å²) >= 11 is 0. The van der Waals surface area contributed by atoms with Gasteiger partial charge < -0.3 is 5.32 Å². The van der Waals surface area contributed by atoms with Crippen molar-refractivity contribution < 1.29 is 4.39 Å². The second-order valence-electron chi connectivity index (χ2n) is 3.22. The lowest BCUT2D eigenvalue weighted by molar-refractivity contribution is 0.582. The molecule has 0 aromatic carbocycles. The molecular formula is C10H11FN4. The molecule has 2 aromatic rings. The Labute approximate surface area is 86.8 Å². The third-order valence-electron chi connectivity index (χ3n) is 1.98. The number of aryl methyl sites for hydroxylation is 1. The predicted molar refractivity (Wildman–Crippen MR) is 54.7 cm³/mol. The molecule has 0 aliphatic rings. The number of pyridine rings is 1. The van der Waals surface area contributed by atoms with Crippen LogP contribution in [0.3, 0.4) is 0 Å². The van der Waals surface area contributed by atoms with Gasteiger partial charge in [-0.3, -0.25) is 4.68 Å². The van der Waals surface area contributed by atoms with E-state index in [1.165, 1.54) is 12.3 Å². The largest absolute Gasteiger partial charge is 0.364 e. The second-order valence-corrected chi connectivity index (χ2v) is 3.22. The van der Waals surface area contributed by atoms with Gasteiger partial charge >= 0.3 is 0 Å². The molecule has 15 heavy (non-hydrogen) atoms. The molecule has 78 valence electrons. The lowest BCUT2D eigenvalue weighted by Crippen LogP contribution is -2.01. The Morgan fingerprint density at radius 1 is 1.40 bits per heavy atom. The molecule has 0 bridgehead atoms. The van der Waals surface area contributed by atoms with Crippen molar-refractivity contribution in [3.63, 3.8) is 0 Å². The van der Waals surface area contributed by atoms with Crippen molar-refractivity contribution in [2.45, 2.75) is 6.54 Å². The summed E-state index contributed by atoms with van der Waals surface area (Å²) in [7, 11) is 1.85. The Bertz CT molecular complexity index is 435. The van der Waals surface area contributed by atoms with Crippen molar-refractivity contribution >= 4 is 5.82 Å². The van der Waals surface area contributed by atoms with Crippen LogP contribution in [-0.4, -0.2) is 14.8 Å². The number of nitrogens with zero attached hydrogens (tertiary/aromatic N) is 3. The Kier molecular flexibility index (Phi) is 2.62. The number of anilines is 1. The summed E-state index contributed by atoms with van der Waals surface area (Å²) in [4.78, 5) is 3.56. The summed E-state index contributed by atoms with van der Waals surface area (Å²) in [6.45, 7) is 0.588. The molecule has 0 atom stereocenters. The minimum Gasteiger partial charge on any atom is -0.364 e. The van der Waals surface area contributed by atoms with Gasteiger partial charge in [-0.15, -0.1) is 0 Å². The van der Waals surface area contributed by atoms with Crippen LogP contribution in [0.4, 0.5) is 10.2 Å². The first-order valence-electron chi connectivity index (χ1n) is 4.58. The van der Waals surface area contributed by atoms with Gasteiger partial charge in [0, 0.05) is 32.1 Å². The summed E-state index contributed by atoms with van der Waals surface area (Å²) in [6, 6.07) is 4.91. The van der Waals surface area contributed by atoms with E-state index in [1.54, 1.807) is 10.7 Å². The van der Waals surface area contributed by atoms with Gasteiger partial charge in [0.05, 0.1) is 0 Å². The first kappa shape index (κ1) is 9.64. The standard InChI is InChI=1S/C10H11FN4/c1-15-5-4-10(14-15)13-7-8-2-3-9(11)12-6-8/h2-6H,7H2,1H3,(H,13,14). The Morgan fingerprint density at radius 2 is 2.27 bits per heavy atom. The van der Waals surface area contributed by atoms with Gasteiger partial charge in [0.15, 0.2) is 0 Å². The molecule has 0 spiro atoms. The van der Waals surface area contributed by atoms with E-state index in [-0.39, 0.29) is 0 Å². The molecule has 0 amide bonds. The zero-order valence-electron chi connectivity index (χ0n) is 8.31. The van der Waals surface area contributed by atoms with Gasteiger partial charge in [0.25, 0.3) is 0 Å². The number of hydrogen-bond acceptors (Lipinski definition) is 3. The SMILES string of the molecule is Cn1ccc(NCc2ccc(F)nc2)n1. The molecule has 2 heterocycles. The summed E-state index contributed by atoms with van der Waals surface area (Å²) in [5, 5.41) is 7.26. The topological polar surface area (TPSA) is 42.7 Å². The number of aromatic nitrogens is 3. The van der Waals surface area contributed by atoms with Crippen molar-refractivity contribution in [3.05, 3.63) is 42.1 Å². The predicted octanol–water partition coefficient (Wildman–Crippen LogP) is 1.57. The maximum Gasteiger partial charge on any atom is 0.212 e. The number of hydrogen-bond donors (Lipinski definition) is 1. The maximum atomic E-state index is 12.5. The van der Waals surface area contributed by atoms with Crippen LogP contribution in [0.15, 0.2) is 30.6 Å². The number of rotatable bonds is 3. The molecule has 0 saturated carbocycles. The van der Waals surface area contributed by atoms with E-state index in [4.69, 9.17) is 0 Å². The fourth-order valence-corrected chi connectivity index (χ4v) is 1.21. The molecule has 0 fully saturated rings. The van der Waals surface area contributed by atoms with Crippen molar-refractivity contribution in [1.29, 1.82) is 0 Å². The smallest absolute Gasteiger partial charge is 0.212 e. The fourth-order valence-electron chi connectivity index (χ4n) is 1.21. The van der Waals surface area contributed by atoms with Crippen LogP contribution in [0.5, 0.6) is 0 Å². The highest BCUT2D eigenvalue weighted by molar-refractivity contribution is 5.33. The zero-order chi connectivity index (χ0) is 10.7. The molecule has 0 aliphatic carbocycles.